The predicted octanol–water partition coefficient (Wildman–Crippen LogP) is -1.30. The predicted molar refractivity (Wildman–Crippen MR) is 89.6 cm³/mol. The zero-order chi connectivity index (χ0) is 16.8. The first kappa shape index (κ1) is 17.7. The Balaban J connectivity index is 0.00000121. The van der Waals surface area contributed by atoms with E-state index in [1.807, 2.05) is 9.47 Å². The van der Waals surface area contributed by atoms with Crippen molar-refractivity contribution in [3.63, 3.8) is 0 Å². The summed E-state index contributed by atoms with van der Waals surface area (Å²) in [6.45, 7) is 2.96. The number of fused-ring (bicyclic) bond motifs is 1. The molecule has 8 heteroatoms. The van der Waals surface area contributed by atoms with Gasteiger partial charge in [-0.3, -0.25) is 4.79 Å². The summed E-state index contributed by atoms with van der Waals surface area (Å²) in [5.74, 6) is -1.76. The van der Waals surface area contributed by atoms with Crippen molar-refractivity contribution in [1.29, 1.82) is 0 Å². The number of benzene rings is 1. The molecule has 1 aromatic carbocycles. The van der Waals surface area contributed by atoms with Crippen LogP contribution in [0.4, 0.5) is 10.1 Å². The van der Waals surface area contributed by atoms with Crippen molar-refractivity contribution in [2.24, 2.45) is 0 Å². The Kier molecular flexibility index (Phi) is 4.71. The summed E-state index contributed by atoms with van der Waals surface area (Å²) in [5, 5.41) is 12.6. The van der Waals surface area contributed by atoms with Crippen LogP contribution in [-0.2, 0) is 0 Å². The molecule has 2 N–H and O–H groups in total. The molecule has 0 amide bonds. The van der Waals surface area contributed by atoms with E-state index in [-0.39, 0.29) is 30.8 Å². The number of aromatic nitrogens is 1. The number of aromatic carboxylic acids is 1. The molecule has 0 bridgehead atoms. The van der Waals surface area contributed by atoms with Gasteiger partial charge in [-0.25, -0.2) is 9.18 Å². The van der Waals surface area contributed by atoms with Gasteiger partial charge in [-0.2, -0.15) is 0 Å². The van der Waals surface area contributed by atoms with E-state index in [0.29, 0.717) is 24.3 Å². The summed E-state index contributed by atoms with van der Waals surface area (Å²) >= 11 is 0. The van der Waals surface area contributed by atoms with E-state index in [9.17, 15) is 19.1 Å². The Morgan fingerprint density at radius 2 is 1.96 bits per heavy atom. The zero-order valence-electron chi connectivity index (χ0n) is 14.5. The SMILES string of the molecule is O=C(O)c1cn(C2CC2)c2cc(N3CCNCC3)c(F)cc2c1=O.[Cl-].[H+]. The average Bonchev–Trinajstić information content (AvgIpc) is 3.40. The number of nitrogens with one attached hydrogen (secondary N) is 1. The standard InChI is InChI=1S/C17H18FN3O3.ClH/c18-13-7-11-14(8-15(13)20-5-3-19-4-6-20)21(10-1-2-10)9-12(16(11)22)17(23)24;/h7-10,19H,1-6H2,(H,23,24);1H. The number of hydrogen-bond acceptors (Lipinski definition) is 4. The topological polar surface area (TPSA) is 74.6 Å². The number of carbonyl (C=O) groups is 1. The second kappa shape index (κ2) is 6.65. The molecule has 1 saturated carbocycles. The summed E-state index contributed by atoms with van der Waals surface area (Å²) in [4.78, 5) is 25.7. The number of hydrogen-bond donors (Lipinski definition) is 2. The van der Waals surface area contributed by atoms with Crippen molar-refractivity contribution < 1.29 is 28.1 Å². The highest BCUT2D eigenvalue weighted by molar-refractivity contribution is 5.93. The molecule has 6 nitrogen and oxygen atoms in total. The second-order valence-corrected chi connectivity index (χ2v) is 6.37. The summed E-state index contributed by atoms with van der Waals surface area (Å²) in [6, 6.07) is 3.08. The quantitative estimate of drug-likeness (QED) is 0.705. The molecule has 0 spiro atoms. The van der Waals surface area contributed by atoms with Crippen molar-refractivity contribution in [1.82, 2.24) is 9.88 Å². The lowest BCUT2D eigenvalue weighted by Crippen LogP contribution is -3.00. The number of pyridine rings is 1. The molecule has 0 unspecified atom stereocenters. The molecule has 2 heterocycles. The van der Waals surface area contributed by atoms with Gasteiger partial charge in [-0.15, -0.1) is 0 Å². The van der Waals surface area contributed by atoms with Gasteiger partial charge < -0.3 is 32.3 Å². The largest absolute Gasteiger partial charge is 1.00 e. The number of carboxylic acids is 1. The number of piperazine rings is 1. The van der Waals surface area contributed by atoms with E-state index in [2.05, 4.69) is 5.32 Å². The molecular weight excluding hydrogens is 349 g/mol. The molecule has 2 fully saturated rings. The van der Waals surface area contributed by atoms with Crippen LogP contribution >= 0.6 is 0 Å². The lowest BCUT2D eigenvalue weighted by molar-refractivity contribution is -0.0000211. The molecule has 0 atom stereocenters. The van der Waals surface area contributed by atoms with E-state index < -0.39 is 17.2 Å². The van der Waals surface area contributed by atoms with Crippen LogP contribution in [0.25, 0.3) is 10.9 Å². The number of halogens is 2. The smallest absolute Gasteiger partial charge is 1.00 e. The van der Waals surface area contributed by atoms with Gasteiger partial charge in [0.2, 0.25) is 5.43 Å². The molecule has 2 aliphatic rings. The Labute approximate surface area is 151 Å². The fourth-order valence-electron chi connectivity index (χ4n) is 3.31. The minimum atomic E-state index is -1.28. The molecule has 1 saturated heterocycles. The van der Waals surface area contributed by atoms with Crippen LogP contribution in [0.1, 0.15) is 30.7 Å². The maximum absolute atomic E-state index is 14.6. The van der Waals surface area contributed by atoms with Crippen LogP contribution in [0, 0.1) is 5.82 Å². The fourth-order valence-corrected chi connectivity index (χ4v) is 3.31. The maximum atomic E-state index is 14.6. The summed E-state index contributed by atoms with van der Waals surface area (Å²) in [5.41, 5.74) is 0.159. The molecule has 0 radical (unpaired) electrons. The van der Waals surface area contributed by atoms with Gasteiger partial charge in [-0.1, -0.05) is 0 Å². The highest BCUT2D eigenvalue weighted by Gasteiger charge is 2.28. The van der Waals surface area contributed by atoms with Gasteiger partial charge in [0.05, 0.1) is 11.2 Å². The monoisotopic (exact) mass is 367 g/mol. The zero-order valence-corrected chi connectivity index (χ0v) is 14.2. The normalized spacial score (nSPS) is 17.4. The third-order valence-electron chi connectivity index (χ3n) is 4.73. The van der Waals surface area contributed by atoms with E-state index in [1.165, 1.54) is 12.3 Å². The highest BCUT2D eigenvalue weighted by Crippen LogP contribution is 2.38. The van der Waals surface area contributed by atoms with Crippen LogP contribution in [0.15, 0.2) is 23.1 Å². The lowest BCUT2D eigenvalue weighted by Gasteiger charge is -2.30. The minimum Gasteiger partial charge on any atom is -1.00 e. The van der Waals surface area contributed by atoms with Gasteiger partial charge >= 0.3 is 7.40 Å². The van der Waals surface area contributed by atoms with Crippen molar-refractivity contribution in [2.75, 3.05) is 31.1 Å². The summed E-state index contributed by atoms with van der Waals surface area (Å²) < 4.78 is 16.4. The fraction of sp³-hybridized carbons (Fsp3) is 0.412. The molecule has 1 aliphatic heterocycles. The molecule has 1 aliphatic carbocycles. The lowest BCUT2D eigenvalue weighted by atomic mass is 10.1. The Morgan fingerprint density at radius 1 is 1.28 bits per heavy atom. The van der Waals surface area contributed by atoms with E-state index in [1.54, 1.807) is 6.07 Å². The molecular formula is C17H19ClFN3O3. The van der Waals surface area contributed by atoms with Crippen molar-refractivity contribution >= 4 is 22.6 Å². The van der Waals surface area contributed by atoms with Crippen LogP contribution < -0.4 is 28.1 Å². The van der Waals surface area contributed by atoms with Crippen LogP contribution in [0.3, 0.4) is 0 Å². The second-order valence-electron chi connectivity index (χ2n) is 6.37. The first-order valence-corrected chi connectivity index (χ1v) is 8.13. The third kappa shape index (κ3) is 3.09. The molecule has 1 aromatic heterocycles. The first-order chi connectivity index (χ1) is 11.6. The number of carboxylic acid groups (broad SMARTS) is 1. The Hall–Kier alpha value is -2.12. The maximum Gasteiger partial charge on any atom is 1.00 e. The molecule has 2 aromatic rings. The Morgan fingerprint density at radius 3 is 2.56 bits per heavy atom. The molecule has 25 heavy (non-hydrogen) atoms. The Bertz CT molecular complexity index is 895. The first-order valence-electron chi connectivity index (χ1n) is 8.13. The van der Waals surface area contributed by atoms with E-state index in [0.717, 1.165) is 25.9 Å². The van der Waals surface area contributed by atoms with Gasteiger partial charge in [0.25, 0.3) is 0 Å². The van der Waals surface area contributed by atoms with Crippen molar-refractivity contribution in [2.45, 2.75) is 18.9 Å². The molecule has 134 valence electrons. The van der Waals surface area contributed by atoms with Crippen LogP contribution in [-0.4, -0.2) is 41.8 Å². The van der Waals surface area contributed by atoms with Crippen molar-refractivity contribution in [3.8, 4) is 0 Å². The summed E-state index contributed by atoms with van der Waals surface area (Å²) in [6.07, 6.45) is 3.29. The van der Waals surface area contributed by atoms with Crippen LogP contribution in [0.5, 0.6) is 0 Å². The van der Waals surface area contributed by atoms with Crippen molar-refractivity contribution in [3.05, 3.63) is 39.9 Å². The van der Waals surface area contributed by atoms with E-state index >= 15 is 0 Å². The minimum absolute atomic E-state index is 0. The highest BCUT2D eigenvalue weighted by atomic mass is 35.5. The number of anilines is 1. The van der Waals surface area contributed by atoms with Gasteiger partial charge in [0, 0.05) is 43.8 Å². The van der Waals surface area contributed by atoms with Gasteiger partial charge in [0.1, 0.15) is 11.4 Å². The average molecular weight is 368 g/mol. The van der Waals surface area contributed by atoms with Crippen LogP contribution in [0.2, 0.25) is 0 Å². The van der Waals surface area contributed by atoms with Gasteiger partial charge in [0.15, 0.2) is 0 Å². The summed E-state index contributed by atoms with van der Waals surface area (Å²) in [7, 11) is 0. The van der Waals surface area contributed by atoms with E-state index in [4.69, 9.17) is 0 Å². The molecule has 4 rings (SSSR count). The number of nitrogens with zero attached hydrogens (tertiary/aromatic N) is 2. The third-order valence-corrected chi connectivity index (χ3v) is 4.73. The number of rotatable bonds is 3. The van der Waals surface area contributed by atoms with Gasteiger partial charge in [-0.05, 0) is 25.0 Å².